The largest absolute Gasteiger partial charge is 0.522 e. The van der Waals surface area contributed by atoms with Gasteiger partial charge in [0.1, 0.15) is 0 Å². The molecule has 0 bridgehead atoms. The van der Waals surface area contributed by atoms with Crippen molar-refractivity contribution < 1.29 is 22.6 Å². The van der Waals surface area contributed by atoms with Crippen LogP contribution in [0, 0.1) is 0 Å². The fourth-order valence-corrected chi connectivity index (χ4v) is 1.69. The average molecular weight is 227 g/mol. The molecule has 0 spiro atoms. The standard InChI is InChI=1S/C9H16F3NO2/c10-9(11,12)15-6-5-14-8-4-2-1-3-7(8)13/h7-8H,1-6,13H2. The summed E-state index contributed by atoms with van der Waals surface area (Å²) in [4.78, 5) is 0. The average Bonchev–Trinajstić information content (AvgIpc) is 2.13. The van der Waals surface area contributed by atoms with Crippen LogP contribution in [0.15, 0.2) is 0 Å². The molecule has 6 heteroatoms. The Labute approximate surface area is 86.7 Å². The van der Waals surface area contributed by atoms with Gasteiger partial charge in [0.15, 0.2) is 0 Å². The van der Waals surface area contributed by atoms with Crippen molar-refractivity contribution in [3.63, 3.8) is 0 Å². The zero-order valence-corrected chi connectivity index (χ0v) is 8.43. The van der Waals surface area contributed by atoms with Gasteiger partial charge in [-0.05, 0) is 12.8 Å². The molecule has 0 saturated heterocycles. The van der Waals surface area contributed by atoms with Gasteiger partial charge in [0.25, 0.3) is 0 Å². The molecule has 1 aliphatic carbocycles. The molecule has 3 nitrogen and oxygen atoms in total. The van der Waals surface area contributed by atoms with E-state index in [0.717, 1.165) is 25.7 Å². The number of ether oxygens (including phenoxy) is 2. The van der Waals surface area contributed by atoms with Crippen LogP contribution in [0.1, 0.15) is 25.7 Å². The van der Waals surface area contributed by atoms with E-state index in [-0.39, 0.29) is 18.8 Å². The van der Waals surface area contributed by atoms with Gasteiger partial charge in [-0.15, -0.1) is 13.2 Å². The first kappa shape index (κ1) is 12.7. The van der Waals surface area contributed by atoms with Gasteiger partial charge >= 0.3 is 6.36 Å². The molecule has 1 saturated carbocycles. The van der Waals surface area contributed by atoms with E-state index < -0.39 is 13.0 Å². The summed E-state index contributed by atoms with van der Waals surface area (Å²) in [5.74, 6) is 0. The van der Waals surface area contributed by atoms with Gasteiger partial charge in [-0.3, -0.25) is 4.74 Å². The maximum Gasteiger partial charge on any atom is 0.522 e. The van der Waals surface area contributed by atoms with E-state index in [9.17, 15) is 13.2 Å². The van der Waals surface area contributed by atoms with Crippen LogP contribution in [0.2, 0.25) is 0 Å². The first-order valence-electron chi connectivity index (χ1n) is 5.07. The van der Waals surface area contributed by atoms with Gasteiger partial charge in [-0.25, -0.2) is 0 Å². The van der Waals surface area contributed by atoms with Crippen LogP contribution < -0.4 is 5.73 Å². The number of hydrogen-bond acceptors (Lipinski definition) is 3. The minimum absolute atomic E-state index is 0.0513. The molecule has 2 N–H and O–H groups in total. The second kappa shape index (κ2) is 5.67. The summed E-state index contributed by atoms with van der Waals surface area (Å²) in [6.45, 7) is -0.523. The second-order valence-corrected chi connectivity index (χ2v) is 3.65. The van der Waals surface area contributed by atoms with Crippen LogP contribution in [0.25, 0.3) is 0 Å². The van der Waals surface area contributed by atoms with Gasteiger partial charge in [-0.2, -0.15) is 0 Å². The van der Waals surface area contributed by atoms with Gasteiger partial charge in [0.2, 0.25) is 0 Å². The minimum atomic E-state index is -4.57. The van der Waals surface area contributed by atoms with Gasteiger partial charge < -0.3 is 10.5 Å². The van der Waals surface area contributed by atoms with Crippen molar-refractivity contribution in [1.29, 1.82) is 0 Å². The fraction of sp³-hybridized carbons (Fsp3) is 1.00. The lowest BCUT2D eigenvalue weighted by Crippen LogP contribution is -2.40. The molecule has 90 valence electrons. The number of rotatable bonds is 4. The second-order valence-electron chi connectivity index (χ2n) is 3.65. The summed E-state index contributed by atoms with van der Waals surface area (Å²) in [5.41, 5.74) is 5.76. The molecular formula is C9H16F3NO2. The highest BCUT2D eigenvalue weighted by atomic mass is 19.4. The molecule has 2 atom stereocenters. The zero-order chi connectivity index (χ0) is 11.3. The first-order chi connectivity index (χ1) is 6.99. The van der Waals surface area contributed by atoms with Crippen LogP contribution in [0.5, 0.6) is 0 Å². The third-order valence-electron chi connectivity index (χ3n) is 2.43. The maximum absolute atomic E-state index is 11.6. The summed E-state index contributed by atoms with van der Waals surface area (Å²) >= 11 is 0. The summed E-state index contributed by atoms with van der Waals surface area (Å²) in [6.07, 6.45) is -0.884. The molecule has 0 heterocycles. The highest BCUT2D eigenvalue weighted by molar-refractivity contribution is 4.78. The van der Waals surface area contributed by atoms with E-state index in [0.29, 0.717) is 0 Å². The van der Waals surface area contributed by atoms with Gasteiger partial charge in [0.05, 0.1) is 19.3 Å². The van der Waals surface area contributed by atoms with Crippen molar-refractivity contribution in [3.05, 3.63) is 0 Å². The van der Waals surface area contributed by atoms with Gasteiger partial charge in [-0.1, -0.05) is 12.8 Å². The Bertz CT molecular complexity index is 187. The maximum atomic E-state index is 11.6. The monoisotopic (exact) mass is 227 g/mol. The van der Waals surface area contributed by atoms with Crippen LogP contribution in [-0.2, 0) is 9.47 Å². The number of nitrogens with two attached hydrogens (primary N) is 1. The van der Waals surface area contributed by atoms with Crippen molar-refractivity contribution in [2.45, 2.75) is 44.2 Å². The third kappa shape index (κ3) is 5.34. The predicted octanol–water partition coefficient (Wildman–Crippen LogP) is 1.81. The van der Waals surface area contributed by atoms with Crippen molar-refractivity contribution in [3.8, 4) is 0 Å². The lowest BCUT2D eigenvalue weighted by Gasteiger charge is -2.28. The SMILES string of the molecule is NC1CCCCC1OCCOC(F)(F)F. The van der Waals surface area contributed by atoms with Crippen molar-refractivity contribution in [2.75, 3.05) is 13.2 Å². The Morgan fingerprint density at radius 2 is 1.80 bits per heavy atom. The van der Waals surface area contributed by atoms with Crippen LogP contribution in [-0.4, -0.2) is 31.7 Å². The topological polar surface area (TPSA) is 44.5 Å². The first-order valence-corrected chi connectivity index (χ1v) is 5.07. The molecule has 15 heavy (non-hydrogen) atoms. The molecule has 2 unspecified atom stereocenters. The third-order valence-corrected chi connectivity index (χ3v) is 2.43. The molecule has 0 aromatic carbocycles. The molecule has 1 rings (SSSR count). The lowest BCUT2D eigenvalue weighted by molar-refractivity contribution is -0.327. The summed E-state index contributed by atoms with van der Waals surface area (Å²) in [7, 11) is 0. The summed E-state index contributed by atoms with van der Waals surface area (Å²) in [6, 6.07) is -0.0513. The highest BCUT2D eigenvalue weighted by Crippen LogP contribution is 2.20. The molecule has 0 aliphatic heterocycles. The molecule has 0 amide bonds. The van der Waals surface area contributed by atoms with E-state index in [1.165, 1.54) is 0 Å². The normalized spacial score (nSPS) is 28.0. The fourth-order valence-electron chi connectivity index (χ4n) is 1.69. The Morgan fingerprint density at radius 1 is 1.13 bits per heavy atom. The summed E-state index contributed by atoms with van der Waals surface area (Å²) in [5, 5.41) is 0. The molecule has 0 radical (unpaired) electrons. The summed E-state index contributed by atoms with van der Waals surface area (Å²) < 4.78 is 43.6. The molecule has 0 aromatic rings. The van der Waals surface area contributed by atoms with E-state index in [2.05, 4.69) is 4.74 Å². The van der Waals surface area contributed by atoms with E-state index in [1.54, 1.807) is 0 Å². The highest BCUT2D eigenvalue weighted by Gasteiger charge is 2.29. The Kier molecular flexibility index (Phi) is 4.82. The van der Waals surface area contributed by atoms with Crippen LogP contribution >= 0.6 is 0 Å². The van der Waals surface area contributed by atoms with E-state index in [4.69, 9.17) is 10.5 Å². The number of hydrogen-bond donors (Lipinski definition) is 1. The van der Waals surface area contributed by atoms with Crippen molar-refractivity contribution >= 4 is 0 Å². The van der Waals surface area contributed by atoms with Crippen LogP contribution in [0.4, 0.5) is 13.2 Å². The zero-order valence-electron chi connectivity index (χ0n) is 8.43. The van der Waals surface area contributed by atoms with E-state index in [1.807, 2.05) is 0 Å². The molecule has 0 aromatic heterocycles. The van der Waals surface area contributed by atoms with Crippen molar-refractivity contribution in [2.24, 2.45) is 5.73 Å². The van der Waals surface area contributed by atoms with E-state index >= 15 is 0 Å². The Hall–Kier alpha value is -0.330. The van der Waals surface area contributed by atoms with Gasteiger partial charge in [0, 0.05) is 6.04 Å². The van der Waals surface area contributed by atoms with Crippen molar-refractivity contribution in [1.82, 2.24) is 0 Å². The Balaban J connectivity index is 2.08. The quantitative estimate of drug-likeness (QED) is 0.745. The molecular weight excluding hydrogens is 211 g/mol. The smallest absolute Gasteiger partial charge is 0.374 e. The Morgan fingerprint density at radius 3 is 2.40 bits per heavy atom. The molecule has 1 fully saturated rings. The number of alkyl halides is 3. The lowest BCUT2D eigenvalue weighted by atomic mass is 9.93. The predicted molar refractivity (Wildman–Crippen MR) is 48.2 cm³/mol. The minimum Gasteiger partial charge on any atom is -0.374 e. The molecule has 1 aliphatic rings. The van der Waals surface area contributed by atoms with Crippen LogP contribution in [0.3, 0.4) is 0 Å². The number of halogens is 3.